The summed E-state index contributed by atoms with van der Waals surface area (Å²) in [5.41, 5.74) is 4.81. The van der Waals surface area contributed by atoms with Crippen molar-refractivity contribution >= 4 is 30.9 Å². The average molecular weight is 445 g/mol. The molecule has 0 amide bonds. The van der Waals surface area contributed by atoms with E-state index in [0.29, 0.717) is 12.1 Å². The van der Waals surface area contributed by atoms with E-state index >= 15 is 0 Å². The molecule has 2 aromatic rings. The summed E-state index contributed by atoms with van der Waals surface area (Å²) in [6, 6.07) is 0. The summed E-state index contributed by atoms with van der Waals surface area (Å²) in [6.07, 6.45) is 0.0429. The highest BCUT2D eigenvalue weighted by molar-refractivity contribution is 7.52. The highest BCUT2D eigenvalue weighted by Gasteiger charge is 2.54. The molecule has 3 atom stereocenters. The van der Waals surface area contributed by atoms with Crippen LogP contribution in [0.3, 0.4) is 0 Å². The van der Waals surface area contributed by atoms with Gasteiger partial charge in [0, 0.05) is 0 Å². The predicted molar refractivity (Wildman–Crippen MR) is 104 cm³/mol. The van der Waals surface area contributed by atoms with Gasteiger partial charge in [0.2, 0.25) is 12.7 Å². The number of H-pyrrole nitrogens is 1. The second kappa shape index (κ2) is 8.34. The molecular formula is C16H24N5O8P. The molecule has 1 fully saturated rings. The average Bonchev–Trinajstić information content (AvgIpc) is 3.07. The van der Waals surface area contributed by atoms with Gasteiger partial charge in [0.25, 0.3) is 5.56 Å². The van der Waals surface area contributed by atoms with Crippen LogP contribution >= 0.6 is 7.60 Å². The maximum atomic E-state index is 12.2. The van der Waals surface area contributed by atoms with Crippen molar-refractivity contribution in [1.82, 2.24) is 19.5 Å². The summed E-state index contributed by atoms with van der Waals surface area (Å²) < 4.78 is 33.6. The van der Waals surface area contributed by atoms with E-state index in [1.165, 1.54) is 6.33 Å². The molecule has 0 radical (unpaired) electrons. The highest BCUT2D eigenvalue weighted by atomic mass is 31.2. The number of nitrogens with zero attached hydrogens (tertiary/aromatic N) is 3. The van der Waals surface area contributed by atoms with Crippen LogP contribution in [0.1, 0.15) is 27.2 Å². The van der Waals surface area contributed by atoms with Crippen LogP contribution in [0.15, 0.2) is 11.1 Å². The summed E-state index contributed by atoms with van der Waals surface area (Å²) in [7, 11) is -4.19. The first kappa shape index (κ1) is 22.2. The maximum absolute atomic E-state index is 12.2. The fraction of sp³-hybridized carbons (Fsp3) is 0.625. The zero-order valence-electron chi connectivity index (χ0n) is 16.7. The molecule has 0 aromatic carbocycles. The largest absolute Gasteiger partial charge is 0.510 e. The number of ether oxygens (including phenoxy) is 3. The number of aromatic amines is 1. The first-order valence-electron chi connectivity index (χ1n) is 9.16. The van der Waals surface area contributed by atoms with Crippen molar-refractivity contribution in [1.29, 1.82) is 0 Å². The molecule has 2 heterocycles. The van der Waals surface area contributed by atoms with E-state index in [-0.39, 0.29) is 23.9 Å². The zero-order chi connectivity index (χ0) is 22.1. The van der Waals surface area contributed by atoms with Crippen LogP contribution < -0.4 is 11.3 Å². The lowest BCUT2D eigenvalue weighted by molar-refractivity contribution is -0.0187. The zero-order valence-corrected chi connectivity index (χ0v) is 17.6. The number of rotatable bonds is 9. The summed E-state index contributed by atoms with van der Waals surface area (Å²) in [5.74, 6) is 0.0314. The Balaban J connectivity index is 1.60. The van der Waals surface area contributed by atoms with Crippen LogP contribution in [0, 0.1) is 5.92 Å². The van der Waals surface area contributed by atoms with E-state index in [4.69, 9.17) is 19.7 Å². The SMILES string of the molecule is CC(C)OC(=O)OCOP(=O)(O)COC1(Cn2cnc3c(=O)[nH]c(N)nc32)CC1C. The van der Waals surface area contributed by atoms with Crippen molar-refractivity contribution in [3.8, 4) is 0 Å². The van der Waals surface area contributed by atoms with Gasteiger partial charge in [0.15, 0.2) is 11.2 Å². The number of carbonyl (C=O) groups is 1. The molecule has 3 unspecified atom stereocenters. The van der Waals surface area contributed by atoms with E-state index < -0.39 is 44.2 Å². The standard InChI is InChI=1S/C16H24N5O8P/c1-9(2)29-15(23)26-7-28-30(24,25)8-27-16(4-10(16)3)5-21-6-18-11-12(21)19-14(17)20-13(11)22/h6,9-10H,4-5,7-8H2,1-3H3,(H,24,25)(H3,17,19,20,22). The molecule has 13 nitrogen and oxygen atoms in total. The molecule has 166 valence electrons. The lowest BCUT2D eigenvalue weighted by Crippen LogP contribution is -2.25. The first-order chi connectivity index (χ1) is 14.0. The van der Waals surface area contributed by atoms with Gasteiger partial charge in [-0.1, -0.05) is 6.92 Å². The molecule has 30 heavy (non-hydrogen) atoms. The van der Waals surface area contributed by atoms with Gasteiger partial charge in [0.05, 0.1) is 24.6 Å². The molecule has 4 N–H and O–H groups in total. The van der Waals surface area contributed by atoms with Crippen molar-refractivity contribution in [2.75, 3.05) is 18.9 Å². The topological polar surface area (TPSA) is 181 Å². The number of nitrogen functional groups attached to an aromatic ring is 1. The van der Waals surface area contributed by atoms with E-state index in [1.807, 2.05) is 6.92 Å². The molecule has 1 aliphatic carbocycles. The normalized spacial score (nSPS) is 22.8. The Kier molecular flexibility index (Phi) is 6.18. The summed E-state index contributed by atoms with van der Waals surface area (Å²) in [6.45, 7) is 4.68. The minimum atomic E-state index is -4.19. The number of aromatic nitrogens is 4. The number of anilines is 1. The summed E-state index contributed by atoms with van der Waals surface area (Å²) >= 11 is 0. The molecule has 0 saturated heterocycles. The van der Waals surface area contributed by atoms with Gasteiger partial charge >= 0.3 is 13.8 Å². The van der Waals surface area contributed by atoms with Crippen molar-refractivity contribution in [2.24, 2.45) is 5.92 Å². The third kappa shape index (κ3) is 5.17. The number of fused-ring (bicyclic) bond motifs is 1. The van der Waals surface area contributed by atoms with E-state index in [0.717, 1.165) is 0 Å². The predicted octanol–water partition coefficient (Wildman–Crippen LogP) is 1.18. The minimum absolute atomic E-state index is 0.0442. The highest BCUT2D eigenvalue weighted by Crippen LogP contribution is 2.52. The molecule has 0 bridgehead atoms. The lowest BCUT2D eigenvalue weighted by atomic mass is 10.2. The Morgan fingerprint density at radius 3 is 2.87 bits per heavy atom. The molecule has 1 aliphatic rings. The maximum Gasteiger partial charge on any atom is 0.510 e. The van der Waals surface area contributed by atoms with Crippen molar-refractivity contribution in [3.63, 3.8) is 0 Å². The van der Waals surface area contributed by atoms with Gasteiger partial charge in [-0.05, 0) is 26.2 Å². The smallest absolute Gasteiger partial charge is 0.432 e. The van der Waals surface area contributed by atoms with Crippen molar-refractivity contribution in [2.45, 2.75) is 45.4 Å². The fourth-order valence-corrected chi connectivity index (χ4v) is 3.64. The number of hydrogen-bond acceptors (Lipinski definition) is 10. The molecule has 14 heteroatoms. The van der Waals surface area contributed by atoms with Crippen LogP contribution in [-0.2, 0) is 29.8 Å². The minimum Gasteiger partial charge on any atom is -0.432 e. The van der Waals surface area contributed by atoms with Crippen LogP contribution in [0.2, 0.25) is 0 Å². The van der Waals surface area contributed by atoms with Gasteiger partial charge in [-0.25, -0.2) is 9.78 Å². The number of nitrogens with one attached hydrogen (secondary N) is 1. The molecular weight excluding hydrogens is 421 g/mol. The second-order valence-electron chi connectivity index (χ2n) is 7.38. The number of carbonyl (C=O) groups excluding carboxylic acids is 1. The fourth-order valence-electron chi connectivity index (χ4n) is 2.93. The Labute approximate surface area is 171 Å². The number of nitrogens with two attached hydrogens (primary N) is 1. The van der Waals surface area contributed by atoms with Crippen LogP contribution in [0.5, 0.6) is 0 Å². The van der Waals surface area contributed by atoms with Gasteiger partial charge in [-0.3, -0.25) is 18.9 Å². The van der Waals surface area contributed by atoms with Gasteiger partial charge in [-0.2, -0.15) is 4.98 Å². The second-order valence-corrected chi connectivity index (χ2v) is 9.18. The molecule has 1 saturated carbocycles. The Morgan fingerprint density at radius 2 is 2.23 bits per heavy atom. The molecule has 3 rings (SSSR count). The van der Waals surface area contributed by atoms with Crippen LogP contribution in [-0.4, -0.2) is 55.4 Å². The van der Waals surface area contributed by atoms with Crippen LogP contribution in [0.4, 0.5) is 10.7 Å². The van der Waals surface area contributed by atoms with E-state index in [9.17, 15) is 19.0 Å². The van der Waals surface area contributed by atoms with E-state index in [1.54, 1.807) is 18.4 Å². The Morgan fingerprint density at radius 1 is 1.53 bits per heavy atom. The quantitative estimate of drug-likeness (QED) is 0.286. The Bertz CT molecular complexity index is 1040. The van der Waals surface area contributed by atoms with Crippen molar-refractivity contribution < 1.29 is 33.0 Å². The summed E-state index contributed by atoms with van der Waals surface area (Å²) in [4.78, 5) is 43.6. The van der Waals surface area contributed by atoms with Gasteiger partial charge in [-0.15, -0.1) is 0 Å². The van der Waals surface area contributed by atoms with Gasteiger partial charge < -0.3 is 29.4 Å². The third-order valence-corrected chi connectivity index (χ3v) is 5.56. The third-order valence-electron chi connectivity index (χ3n) is 4.60. The van der Waals surface area contributed by atoms with Crippen LogP contribution in [0.25, 0.3) is 11.2 Å². The van der Waals surface area contributed by atoms with Gasteiger partial charge in [0.1, 0.15) is 6.35 Å². The lowest BCUT2D eigenvalue weighted by Gasteiger charge is -2.21. The summed E-state index contributed by atoms with van der Waals surface area (Å²) in [5, 5.41) is 0. The molecule has 0 aliphatic heterocycles. The molecule has 0 spiro atoms. The number of imidazole rings is 1. The van der Waals surface area contributed by atoms with E-state index in [2.05, 4.69) is 19.7 Å². The monoisotopic (exact) mass is 445 g/mol. The Hall–Kier alpha value is -2.47. The first-order valence-corrected chi connectivity index (χ1v) is 10.9. The molecule has 2 aromatic heterocycles. The number of hydrogen-bond donors (Lipinski definition) is 3. The van der Waals surface area contributed by atoms with Crippen molar-refractivity contribution in [3.05, 3.63) is 16.7 Å².